The minimum Gasteiger partial charge on any atom is -0.455 e. The van der Waals surface area contributed by atoms with E-state index in [1.165, 1.54) is 0 Å². The molecule has 1 rings (SSSR count). The summed E-state index contributed by atoms with van der Waals surface area (Å²) in [5.74, 6) is -3.10. The summed E-state index contributed by atoms with van der Waals surface area (Å²) in [6.45, 7) is 5.19. The van der Waals surface area contributed by atoms with Gasteiger partial charge in [0.2, 0.25) is 0 Å². The van der Waals surface area contributed by atoms with Crippen molar-refractivity contribution in [1.82, 2.24) is 0 Å². The molecular formula is C21H39O18P3. The summed E-state index contributed by atoms with van der Waals surface area (Å²) in [4.78, 5) is 95.6. The van der Waals surface area contributed by atoms with Gasteiger partial charge in [0, 0.05) is 19.3 Å². The maximum absolute atomic E-state index is 12.7. The van der Waals surface area contributed by atoms with Gasteiger partial charge < -0.3 is 43.6 Å². The first-order valence-corrected chi connectivity index (χ1v) is 17.7. The van der Waals surface area contributed by atoms with E-state index in [1.807, 2.05) is 0 Å². The Balaban J connectivity index is 3.93. The van der Waals surface area contributed by atoms with Crippen LogP contribution in [0.15, 0.2) is 0 Å². The lowest BCUT2D eigenvalue weighted by molar-refractivity contribution is -0.241. The van der Waals surface area contributed by atoms with E-state index in [2.05, 4.69) is 13.6 Å². The molecule has 0 radical (unpaired) electrons. The second-order valence-corrected chi connectivity index (χ2v) is 12.9. The molecule has 0 aliphatic heterocycles. The summed E-state index contributed by atoms with van der Waals surface area (Å²) in [6, 6.07) is 0. The van der Waals surface area contributed by atoms with E-state index in [-0.39, 0.29) is 38.5 Å². The van der Waals surface area contributed by atoms with E-state index in [4.69, 9.17) is 14.2 Å². The van der Waals surface area contributed by atoms with Crippen molar-refractivity contribution < 1.29 is 85.2 Å². The Morgan fingerprint density at radius 1 is 0.476 bits per heavy atom. The molecule has 18 nitrogen and oxygen atoms in total. The monoisotopic (exact) mass is 672 g/mol. The summed E-state index contributed by atoms with van der Waals surface area (Å²) < 4.78 is 65.8. The van der Waals surface area contributed by atoms with E-state index in [9.17, 15) is 57.4 Å². The highest BCUT2D eigenvalue weighted by atomic mass is 31.2. The number of unbranched alkanes of at least 4 members (excludes halogenated alkanes) is 3. The molecule has 1 fully saturated rings. The number of rotatable bonds is 18. The summed E-state index contributed by atoms with van der Waals surface area (Å²) in [7, 11) is -17.1. The first-order chi connectivity index (χ1) is 19.3. The zero-order valence-electron chi connectivity index (χ0n) is 23.3. The number of hydrogen-bond acceptors (Lipinski definition) is 12. The van der Waals surface area contributed by atoms with E-state index in [0.717, 1.165) is 0 Å². The quantitative estimate of drug-likeness (QED) is 0.0687. The SMILES string of the molecule is CCCCC(=O)OC1[C@@H](OC(=O)CCCC)[C@@H](OP(=O)(O)O)C(OP(=O)(O)O)[C@H](OP(=O)(O)O)[C@H]1OC(=O)CCCC. The number of esters is 3. The maximum atomic E-state index is 12.7. The van der Waals surface area contributed by atoms with Crippen molar-refractivity contribution >= 4 is 41.4 Å². The third-order valence-electron chi connectivity index (χ3n) is 5.73. The maximum Gasteiger partial charge on any atom is 0.470 e. The first kappa shape index (κ1) is 38.8. The average Bonchev–Trinajstić information content (AvgIpc) is 2.84. The van der Waals surface area contributed by atoms with Crippen LogP contribution in [0.4, 0.5) is 0 Å². The van der Waals surface area contributed by atoms with Gasteiger partial charge in [0.05, 0.1) is 0 Å². The lowest BCUT2D eigenvalue weighted by atomic mass is 9.84. The normalized spacial score (nSPS) is 25.1. The highest BCUT2D eigenvalue weighted by Crippen LogP contribution is 2.51. The van der Waals surface area contributed by atoms with Gasteiger partial charge in [-0.1, -0.05) is 40.0 Å². The van der Waals surface area contributed by atoms with E-state index in [0.29, 0.717) is 19.3 Å². The van der Waals surface area contributed by atoms with Gasteiger partial charge in [-0.05, 0) is 19.3 Å². The van der Waals surface area contributed by atoms with Gasteiger partial charge in [-0.15, -0.1) is 0 Å². The summed E-state index contributed by atoms with van der Waals surface area (Å²) in [5, 5.41) is 0. The third-order valence-corrected chi connectivity index (χ3v) is 7.28. The summed E-state index contributed by atoms with van der Waals surface area (Å²) in [6.07, 6.45) is -12.5. The van der Waals surface area contributed by atoms with Gasteiger partial charge in [0.25, 0.3) is 0 Å². The predicted octanol–water partition coefficient (Wildman–Crippen LogP) is 1.74. The Labute approximate surface area is 242 Å². The molecule has 0 aromatic rings. The van der Waals surface area contributed by atoms with Gasteiger partial charge in [-0.2, -0.15) is 0 Å². The Hall–Kier alpha value is -1.26. The molecule has 6 N–H and O–H groups in total. The standard InChI is InChI=1S/C21H39O18P3/c1-4-7-10-13(22)34-16-17(35-14(23)11-8-5-2)19(37-40(25,26)27)21(39-42(31,32)33)20(38-41(28,29)30)18(16)36-15(24)12-9-6-3/h16-21H,4-12H2,1-3H3,(H2,25,26,27)(H2,28,29,30)(H2,31,32,33)/t16?,17-,18+,19-,20-,21?/m1/s1. The predicted molar refractivity (Wildman–Crippen MR) is 139 cm³/mol. The van der Waals surface area contributed by atoms with E-state index >= 15 is 0 Å². The third kappa shape index (κ3) is 14.5. The van der Waals surface area contributed by atoms with Crippen molar-refractivity contribution in [1.29, 1.82) is 0 Å². The molecule has 0 bridgehead atoms. The topological polar surface area (TPSA) is 279 Å². The lowest BCUT2D eigenvalue weighted by Gasteiger charge is -2.47. The Morgan fingerprint density at radius 3 is 0.905 bits per heavy atom. The van der Waals surface area contributed by atoms with E-state index in [1.54, 1.807) is 20.8 Å². The minimum atomic E-state index is -5.71. The lowest BCUT2D eigenvalue weighted by Crippen LogP contribution is -2.67. The van der Waals surface area contributed by atoms with Gasteiger partial charge in [0.1, 0.15) is 18.3 Å². The molecule has 6 atom stereocenters. The summed E-state index contributed by atoms with van der Waals surface area (Å²) >= 11 is 0. The molecule has 0 aromatic heterocycles. The van der Waals surface area contributed by atoms with Crippen LogP contribution >= 0.6 is 23.5 Å². The van der Waals surface area contributed by atoms with Crippen molar-refractivity contribution in [2.45, 2.75) is 115 Å². The Bertz CT molecular complexity index is 975. The van der Waals surface area contributed by atoms with Crippen LogP contribution in [-0.4, -0.2) is 83.9 Å². The van der Waals surface area contributed by atoms with Crippen molar-refractivity contribution in [2.75, 3.05) is 0 Å². The Morgan fingerprint density at radius 2 is 0.690 bits per heavy atom. The van der Waals surface area contributed by atoms with Crippen LogP contribution in [0, 0.1) is 0 Å². The fourth-order valence-corrected chi connectivity index (χ4v) is 5.63. The molecule has 246 valence electrons. The molecule has 1 aliphatic carbocycles. The van der Waals surface area contributed by atoms with Crippen LogP contribution in [0.2, 0.25) is 0 Å². The molecule has 2 unspecified atom stereocenters. The molecule has 0 spiro atoms. The van der Waals surface area contributed by atoms with Crippen molar-refractivity contribution in [3.63, 3.8) is 0 Å². The van der Waals surface area contributed by atoms with Gasteiger partial charge in [0.15, 0.2) is 18.3 Å². The van der Waals surface area contributed by atoms with Crippen molar-refractivity contribution in [3.05, 3.63) is 0 Å². The van der Waals surface area contributed by atoms with Crippen LogP contribution in [-0.2, 0) is 55.9 Å². The highest BCUT2D eigenvalue weighted by Gasteiger charge is 2.62. The molecule has 1 saturated carbocycles. The van der Waals surface area contributed by atoms with Gasteiger partial charge in [-0.3, -0.25) is 28.0 Å². The molecule has 0 aromatic carbocycles. The second kappa shape index (κ2) is 17.3. The van der Waals surface area contributed by atoms with Crippen LogP contribution in [0.1, 0.15) is 78.6 Å². The van der Waals surface area contributed by atoms with Crippen LogP contribution in [0.25, 0.3) is 0 Å². The Kier molecular flexibility index (Phi) is 16.0. The molecule has 0 saturated heterocycles. The van der Waals surface area contributed by atoms with Crippen LogP contribution in [0.3, 0.4) is 0 Å². The van der Waals surface area contributed by atoms with Crippen LogP contribution in [0.5, 0.6) is 0 Å². The number of phosphoric ester groups is 3. The summed E-state index contributed by atoms with van der Waals surface area (Å²) in [5.41, 5.74) is 0. The van der Waals surface area contributed by atoms with E-state index < -0.39 is 78.0 Å². The fraction of sp³-hybridized carbons (Fsp3) is 0.857. The fourth-order valence-electron chi connectivity index (χ4n) is 3.96. The largest absolute Gasteiger partial charge is 0.470 e. The number of ether oxygens (including phenoxy) is 3. The molecule has 0 heterocycles. The molecular weight excluding hydrogens is 633 g/mol. The van der Waals surface area contributed by atoms with Gasteiger partial charge >= 0.3 is 41.4 Å². The number of carbonyl (C=O) groups excluding carboxylic acids is 3. The number of hydrogen-bond donors (Lipinski definition) is 6. The smallest absolute Gasteiger partial charge is 0.455 e. The van der Waals surface area contributed by atoms with Gasteiger partial charge in [-0.25, -0.2) is 13.7 Å². The minimum absolute atomic E-state index is 0.254. The number of carbonyl (C=O) groups is 3. The van der Waals surface area contributed by atoms with Crippen LogP contribution < -0.4 is 0 Å². The molecule has 0 amide bonds. The highest BCUT2D eigenvalue weighted by molar-refractivity contribution is 7.47. The molecule has 21 heteroatoms. The zero-order chi connectivity index (χ0) is 32.3. The molecule has 1 aliphatic rings. The van der Waals surface area contributed by atoms with Crippen molar-refractivity contribution in [3.8, 4) is 0 Å². The average molecular weight is 672 g/mol. The number of phosphoric acid groups is 3. The molecule has 42 heavy (non-hydrogen) atoms. The zero-order valence-corrected chi connectivity index (χ0v) is 25.9. The van der Waals surface area contributed by atoms with Crippen molar-refractivity contribution in [2.24, 2.45) is 0 Å². The first-order valence-electron chi connectivity index (χ1n) is 13.1. The second-order valence-electron chi connectivity index (χ2n) is 9.36.